The number of hydrogen-bond acceptors (Lipinski definition) is 2. The summed E-state index contributed by atoms with van der Waals surface area (Å²) in [6.45, 7) is 0.115. The maximum absolute atomic E-state index is 11.5. The zero-order chi connectivity index (χ0) is 11.4. The minimum absolute atomic E-state index is 0.0820. The fraction of sp³-hybridized carbons (Fsp3) is 0.462. The summed E-state index contributed by atoms with van der Waals surface area (Å²) in [6.07, 6.45) is 4.66. The number of nitrogens with one attached hydrogen (secondary N) is 1. The second kappa shape index (κ2) is 5.12. The third-order valence-corrected chi connectivity index (χ3v) is 2.95. The van der Waals surface area contributed by atoms with Crippen molar-refractivity contribution in [2.24, 2.45) is 0 Å². The van der Waals surface area contributed by atoms with Gasteiger partial charge in [0.2, 0.25) is 5.91 Å². The van der Waals surface area contributed by atoms with Gasteiger partial charge in [0.05, 0.1) is 0 Å². The molecule has 86 valence electrons. The normalized spacial score (nSPS) is 14.3. The number of carbonyl (C=O) groups is 1. The Morgan fingerprint density at radius 2 is 2.19 bits per heavy atom. The number of carbonyl (C=O) groups excluding carboxylic acids is 1. The zero-order valence-electron chi connectivity index (χ0n) is 9.58. The first kappa shape index (κ1) is 11.1. The van der Waals surface area contributed by atoms with Gasteiger partial charge in [0.25, 0.3) is 0 Å². The summed E-state index contributed by atoms with van der Waals surface area (Å²) in [5.74, 6) is -0.0820. The van der Waals surface area contributed by atoms with Crippen molar-refractivity contribution in [3.05, 3.63) is 29.3 Å². The first-order valence-corrected chi connectivity index (χ1v) is 5.71. The molecule has 3 nitrogen and oxygen atoms in total. The van der Waals surface area contributed by atoms with Crippen LogP contribution in [-0.4, -0.2) is 19.6 Å². The van der Waals surface area contributed by atoms with Crippen molar-refractivity contribution in [3.63, 3.8) is 0 Å². The summed E-state index contributed by atoms with van der Waals surface area (Å²) in [6, 6.07) is 6.13. The summed E-state index contributed by atoms with van der Waals surface area (Å²) in [7, 11) is 1.53. The van der Waals surface area contributed by atoms with Gasteiger partial charge in [-0.15, -0.1) is 0 Å². The number of aryl methyl sites for hydroxylation is 1. The first-order chi connectivity index (χ1) is 7.81. The topological polar surface area (TPSA) is 38.3 Å². The van der Waals surface area contributed by atoms with Gasteiger partial charge < -0.3 is 10.1 Å². The molecule has 0 saturated heterocycles. The van der Waals surface area contributed by atoms with E-state index in [0.29, 0.717) is 0 Å². The average molecular weight is 219 g/mol. The van der Waals surface area contributed by atoms with Crippen LogP contribution in [-0.2, 0) is 22.4 Å². The van der Waals surface area contributed by atoms with Crippen molar-refractivity contribution in [1.29, 1.82) is 0 Å². The summed E-state index contributed by atoms with van der Waals surface area (Å²) in [4.78, 5) is 11.5. The van der Waals surface area contributed by atoms with Gasteiger partial charge in [-0.05, 0) is 42.9 Å². The molecule has 0 fully saturated rings. The molecule has 0 bridgehead atoms. The third-order valence-electron chi connectivity index (χ3n) is 2.95. The largest absolute Gasteiger partial charge is 0.375 e. The summed E-state index contributed by atoms with van der Waals surface area (Å²) < 4.78 is 4.81. The first-order valence-electron chi connectivity index (χ1n) is 5.71. The molecular formula is C13H17NO2. The van der Waals surface area contributed by atoms with Gasteiger partial charge in [-0.2, -0.15) is 0 Å². The van der Waals surface area contributed by atoms with E-state index in [1.165, 1.54) is 31.1 Å². The van der Waals surface area contributed by atoms with E-state index >= 15 is 0 Å². The molecule has 1 aromatic carbocycles. The number of ether oxygens (including phenoxy) is 1. The summed E-state index contributed by atoms with van der Waals surface area (Å²) >= 11 is 0. The van der Waals surface area contributed by atoms with Crippen LogP contribution in [0.25, 0.3) is 0 Å². The smallest absolute Gasteiger partial charge is 0.250 e. The van der Waals surface area contributed by atoms with Crippen molar-refractivity contribution in [2.75, 3.05) is 19.0 Å². The van der Waals surface area contributed by atoms with Gasteiger partial charge in [-0.3, -0.25) is 4.79 Å². The van der Waals surface area contributed by atoms with E-state index < -0.39 is 0 Å². The van der Waals surface area contributed by atoms with Gasteiger partial charge >= 0.3 is 0 Å². The number of fused-ring (bicyclic) bond motifs is 1. The van der Waals surface area contributed by atoms with Crippen LogP contribution in [0.1, 0.15) is 24.0 Å². The zero-order valence-corrected chi connectivity index (χ0v) is 9.58. The Labute approximate surface area is 95.8 Å². The SMILES string of the molecule is COCC(=O)Nc1cccc2c1CCCC2. The van der Waals surface area contributed by atoms with Crippen molar-refractivity contribution in [1.82, 2.24) is 0 Å². The second-order valence-electron chi connectivity index (χ2n) is 4.13. The van der Waals surface area contributed by atoms with Gasteiger partial charge in [0.1, 0.15) is 6.61 Å². The maximum atomic E-state index is 11.5. The predicted molar refractivity (Wildman–Crippen MR) is 63.6 cm³/mol. The Kier molecular flexibility index (Phi) is 3.57. The molecule has 0 radical (unpaired) electrons. The number of anilines is 1. The molecule has 16 heavy (non-hydrogen) atoms. The Morgan fingerprint density at radius 1 is 1.38 bits per heavy atom. The third kappa shape index (κ3) is 2.42. The monoisotopic (exact) mass is 219 g/mol. The Hall–Kier alpha value is -1.35. The van der Waals surface area contributed by atoms with Crippen molar-refractivity contribution in [2.45, 2.75) is 25.7 Å². The highest BCUT2D eigenvalue weighted by Gasteiger charge is 2.13. The van der Waals surface area contributed by atoms with Crippen LogP contribution >= 0.6 is 0 Å². The lowest BCUT2D eigenvalue weighted by atomic mass is 9.90. The molecule has 0 unspecified atom stereocenters. The van der Waals surface area contributed by atoms with Crippen LogP contribution in [0.15, 0.2) is 18.2 Å². The average Bonchev–Trinajstić information content (AvgIpc) is 2.30. The van der Waals surface area contributed by atoms with Crippen LogP contribution in [0.2, 0.25) is 0 Å². The van der Waals surface area contributed by atoms with E-state index in [0.717, 1.165) is 18.5 Å². The molecular weight excluding hydrogens is 202 g/mol. The number of methoxy groups -OCH3 is 1. The van der Waals surface area contributed by atoms with Crippen molar-refractivity contribution >= 4 is 11.6 Å². The molecule has 0 spiro atoms. The molecule has 0 aliphatic heterocycles. The Morgan fingerprint density at radius 3 is 3.00 bits per heavy atom. The second-order valence-corrected chi connectivity index (χ2v) is 4.13. The predicted octanol–water partition coefficient (Wildman–Crippen LogP) is 2.15. The molecule has 1 aliphatic rings. The number of benzene rings is 1. The lowest BCUT2D eigenvalue weighted by Crippen LogP contribution is -2.19. The van der Waals surface area contributed by atoms with E-state index in [-0.39, 0.29) is 12.5 Å². The quantitative estimate of drug-likeness (QED) is 0.846. The molecule has 0 aromatic heterocycles. The Balaban J connectivity index is 2.17. The number of rotatable bonds is 3. The standard InChI is InChI=1S/C13H17NO2/c1-16-9-13(15)14-12-8-4-6-10-5-2-3-7-11(10)12/h4,6,8H,2-3,5,7,9H2,1H3,(H,14,15). The minimum atomic E-state index is -0.0820. The molecule has 1 amide bonds. The van der Waals surface area contributed by atoms with Crippen LogP contribution in [0.3, 0.4) is 0 Å². The van der Waals surface area contributed by atoms with E-state index in [9.17, 15) is 4.79 Å². The highest BCUT2D eigenvalue weighted by Crippen LogP contribution is 2.27. The molecule has 3 heteroatoms. The van der Waals surface area contributed by atoms with Crippen LogP contribution in [0.4, 0.5) is 5.69 Å². The summed E-state index contributed by atoms with van der Waals surface area (Å²) in [5.41, 5.74) is 3.64. The van der Waals surface area contributed by atoms with Crippen LogP contribution < -0.4 is 5.32 Å². The fourth-order valence-corrected chi connectivity index (χ4v) is 2.22. The molecule has 1 aliphatic carbocycles. The van der Waals surface area contributed by atoms with Gasteiger partial charge in [-0.1, -0.05) is 12.1 Å². The highest BCUT2D eigenvalue weighted by atomic mass is 16.5. The van der Waals surface area contributed by atoms with Crippen molar-refractivity contribution < 1.29 is 9.53 Å². The van der Waals surface area contributed by atoms with Gasteiger partial charge in [0.15, 0.2) is 0 Å². The number of hydrogen-bond donors (Lipinski definition) is 1. The summed E-state index contributed by atoms with van der Waals surface area (Å²) in [5, 5.41) is 2.91. The van der Waals surface area contributed by atoms with Gasteiger partial charge in [0, 0.05) is 12.8 Å². The highest BCUT2D eigenvalue weighted by molar-refractivity contribution is 5.92. The van der Waals surface area contributed by atoms with Crippen molar-refractivity contribution in [3.8, 4) is 0 Å². The lowest BCUT2D eigenvalue weighted by molar-refractivity contribution is -0.119. The van der Waals surface area contributed by atoms with Crippen LogP contribution in [0, 0.1) is 0 Å². The van der Waals surface area contributed by atoms with E-state index in [1.54, 1.807) is 0 Å². The minimum Gasteiger partial charge on any atom is -0.375 e. The van der Waals surface area contributed by atoms with E-state index in [2.05, 4.69) is 11.4 Å². The molecule has 1 aromatic rings. The molecule has 0 saturated carbocycles. The lowest BCUT2D eigenvalue weighted by Gasteiger charge is -2.19. The fourth-order valence-electron chi connectivity index (χ4n) is 2.22. The van der Waals surface area contributed by atoms with E-state index in [4.69, 9.17) is 4.74 Å². The van der Waals surface area contributed by atoms with E-state index in [1.807, 2.05) is 12.1 Å². The van der Waals surface area contributed by atoms with Crippen LogP contribution in [0.5, 0.6) is 0 Å². The number of amides is 1. The molecule has 1 N–H and O–H groups in total. The molecule has 2 rings (SSSR count). The molecule has 0 heterocycles. The van der Waals surface area contributed by atoms with Gasteiger partial charge in [-0.25, -0.2) is 0 Å². The molecule has 0 atom stereocenters. The Bertz CT molecular complexity index is 388. The maximum Gasteiger partial charge on any atom is 0.250 e.